The summed E-state index contributed by atoms with van der Waals surface area (Å²) in [6.07, 6.45) is 3.67. The first kappa shape index (κ1) is 11.1. The molecule has 1 amide bonds. The highest BCUT2D eigenvalue weighted by molar-refractivity contribution is 5.90. The standard InChI is InChI=1S/C12H14N4O2/c1-7-2-3-12(7)11-15-8(10(13)18)6-9(17)16(11)5-4-14-12/h4,6-7H,2-3,5H2,1H3,(H2,13,18). The molecule has 0 saturated heterocycles. The van der Waals surface area contributed by atoms with Crippen LogP contribution in [0.3, 0.4) is 0 Å². The fraction of sp³-hybridized carbons (Fsp3) is 0.500. The number of nitrogens with two attached hydrogens (primary N) is 1. The molecule has 6 nitrogen and oxygen atoms in total. The molecule has 1 saturated carbocycles. The smallest absolute Gasteiger partial charge is 0.267 e. The molecule has 6 heteroatoms. The minimum Gasteiger partial charge on any atom is -0.364 e. The zero-order valence-electron chi connectivity index (χ0n) is 10.1. The molecule has 1 aromatic heterocycles. The number of primary amides is 1. The van der Waals surface area contributed by atoms with Crippen molar-refractivity contribution in [3.63, 3.8) is 0 Å². The van der Waals surface area contributed by atoms with Gasteiger partial charge in [-0.1, -0.05) is 6.92 Å². The van der Waals surface area contributed by atoms with Crippen molar-refractivity contribution in [2.75, 3.05) is 0 Å². The van der Waals surface area contributed by atoms with Crippen LogP contribution in [0.1, 0.15) is 36.1 Å². The lowest BCUT2D eigenvalue weighted by atomic mass is 9.67. The van der Waals surface area contributed by atoms with E-state index in [1.807, 2.05) is 0 Å². The Bertz CT molecular complexity index is 619. The molecule has 0 bridgehead atoms. The molecular formula is C12H14N4O2. The first-order valence-corrected chi connectivity index (χ1v) is 6.00. The highest BCUT2D eigenvalue weighted by atomic mass is 16.1. The van der Waals surface area contributed by atoms with E-state index in [1.165, 1.54) is 6.07 Å². The fourth-order valence-corrected chi connectivity index (χ4v) is 2.71. The molecule has 3 rings (SSSR count). The Morgan fingerprint density at radius 3 is 2.94 bits per heavy atom. The molecule has 0 radical (unpaired) electrons. The van der Waals surface area contributed by atoms with Gasteiger partial charge in [0.25, 0.3) is 11.5 Å². The van der Waals surface area contributed by atoms with Crippen LogP contribution in [0.4, 0.5) is 0 Å². The van der Waals surface area contributed by atoms with Gasteiger partial charge in [0, 0.05) is 12.3 Å². The summed E-state index contributed by atoms with van der Waals surface area (Å²) in [5.74, 6) is 0.243. The van der Waals surface area contributed by atoms with Crippen molar-refractivity contribution in [3.05, 3.63) is 27.9 Å². The lowest BCUT2D eigenvalue weighted by Gasteiger charge is -2.46. The summed E-state index contributed by atoms with van der Waals surface area (Å²) < 4.78 is 1.58. The van der Waals surface area contributed by atoms with E-state index < -0.39 is 11.4 Å². The molecule has 1 aliphatic heterocycles. The first-order chi connectivity index (χ1) is 8.54. The van der Waals surface area contributed by atoms with E-state index in [0.717, 1.165) is 12.8 Å². The molecule has 1 fully saturated rings. The van der Waals surface area contributed by atoms with Crippen LogP contribution < -0.4 is 11.3 Å². The van der Waals surface area contributed by atoms with E-state index in [2.05, 4.69) is 16.9 Å². The first-order valence-electron chi connectivity index (χ1n) is 6.00. The number of hydrogen-bond acceptors (Lipinski definition) is 4. The predicted octanol–water partition coefficient (Wildman–Crippen LogP) is 0.0518. The second kappa shape index (κ2) is 3.51. The van der Waals surface area contributed by atoms with Crippen LogP contribution in [-0.2, 0) is 12.1 Å². The lowest BCUT2D eigenvalue weighted by Crippen LogP contribution is -2.49. The van der Waals surface area contributed by atoms with Crippen LogP contribution in [0.5, 0.6) is 0 Å². The zero-order chi connectivity index (χ0) is 12.9. The number of amides is 1. The molecule has 2 unspecified atom stereocenters. The summed E-state index contributed by atoms with van der Waals surface area (Å²) >= 11 is 0. The molecule has 1 spiro atoms. The molecule has 18 heavy (non-hydrogen) atoms. The van der Waals surface area contributed by atoms with E-state index in [-0.39, 0.29) is 11.3 Å². The minimum absolute atomic E-state index is 0.0295. The molecule has 2 atom stereocenters. The Hall–Kier alpha value is -1.98. The van der Waals surface area contributed by atoms with E-state index >= 15 is 0 Å². The van der Waals surface area contributed by atoms with Gasteiger partial charge in [-0.2, -0.15) is 0 Å². The maximum absolute atomic E-state index is 12.0. The summed E-state index contributed by atoms with van der Waals surface area (Å²) in [6, 6.07) is 1.20. The predicted molar refractivity (Wildman–Crippen MR) is 65.6 cm³/mol. The van der Waals surface area contributed by atoms with Crippen LogP contribution >= 0.6 is 0 Å². The number of hydrogen-bond donors (Lipinski definition) is 1. The topological polar surface area (TPSA) is 90.3 Å². The molecule has 2 aliphatic rings. The third-order valence-corrected chi connectivity index (χ3v) is 4.01. The maximum atomic E-state index is 12.0. The van der Waals surface area contributed by atoms with Gasteiger partial charge in [-0.15, -0.1) is 0 Å². The second-order valence-corrected chi connectivity index (χ2v) is 4.95. The van der Waals surface area contributed by atoms with E-state index in [1.54, 1.807) is 10.8 Å². The Morgan fingerprint density at radius 2 is 2.39 bits per heavy atom. The van der Waals surface area contributed by atoms with E-state index in [0.29, 0.717) is 18.3 Å². The van der Waals surface area contributed by atoms with Crippen LogP contribution in [-0.4, -0.2) is 21.7 Å². The molecule has 1 aliphatic carbocycles. The van der Waals surface area contributed by atoms with Crippen LogP contribution in [0.25, 0.3) is 0 Å². The number of aromatic nitrogens is 2. The van der Waals surface area contributed by atoms with Crippen molar-refractivity contribution in [3.8, 4) is 0 Å². The van der Waals surface area contributed by atoms with Gasteiger partial charge >= 0.3 is 0 Å². The average molecular weight is 246 g/mol. The van der Waals surface area contributed by atoms with Crippen molar-refractivity contribution in [2.24, 2.45) is 16.6 Å². The van der Waals surface area contributed by atoms with Gasteiger partial charge in [0.1, 0.15) is 17.1 Å². The van der Waals surface area contributed by atoms with Gasteiger partial charge < -0.3 is 5.73 Å². The summed E-state index contributed by atoms with van der Waals surface area (Å²) in [7, 11) is 0. The summed E-state index contributed by atoms with van der Waals surface area (Å²) in [5, 5.41) is 0. The highest BCUT2D eigenvalue weighted by Gasteiger charge is 2.49. The zero-order valence-corrected chi connectivity index (χ0v) is 10.1. The largest absolute Gasteiger partial charge is 0.364 e. The molecule has 1 aromatic rings. The van der Waals surface area contributed by atoms with Gasteiger partial charge in [-0.3, -0.25) is 19.1 Å². The van der Waals surface area contributed by atoms with Crippen molar-refractivity contribution >= 4 is 12.1 Å². The summed E-state index contributed by atoms with van der Waals surface area (Å²) in [6.45, 7) is 2.49. The summed E-state index contributed by atoms with van der Waals surface area (Å²) in [5.41, 5.74) is 4.57. The Morgan fingerprint density at radius 1 is 1.61 bits per heavy atom. The quantitative estimate of drug-likeness (QED) is 0.759. The second-order valence-electron chi connectivity index (χ2n) is 4.95. The van der Waals surface area contributed by atoms with Crippen molar-refractivity contribution in [2.45, 2.75) is 31.8 Å². The molecular weight excluding hydrogens is 232 g/mol. The van der Waals surface area contributed by atoms with Gasteiger partial charge in [0.15, 0.2) is 0 Å². The van der Waals surface area contributed by atoms with Gasteiger partial charge in [-0.05, 0) is 18.8 Å². The lowest BCUT2D eigenvalue weighted by molar-refractivity contribution is 0.0988. The normalized spacial score (nSPS) is 28.8. The van der Waals surface area contributed by atoms with E-state index in [4.69, 9.17) is 5.73 Å². The molecule has 2 heterocycles. The number of fused-ring (bicyclic) bond motifs is 2. The van der Waals surface area contributed by atoms with Crippen LogP contribution in [0.2, 0.25) is 0 Å². The van der Waals surface area contributed by atoms with Gasteiger partial charge in [-0.25, -0.2) is 4.98 Å². The van der Waals surface area contributed by atoms with Crippen molar-refractivity contribution < 1.29 is 4.79 Å². The molecule has 2 N–H and O–H groups in total. The van der Waals surface area contributed by atoms with Gasteiger partial charge in [0.05, 0.1) is 6.54 Å². The third-order valence-electron chi connectivity index (χ3n) is 4.01. The molecule has 94 valence electrons. The number of carbonyl (C=O) groups excluding carboxylic acids is 1. The number of nitrogens with zero attached hydrogens (tertiary/aromatic N) is 3. The third kappa shape index (κ3) is 1.28. The molecule has 0 aromatic carbocycles. The van der Waals surface area contributed by atoms with Crippen LogP contribution in [0, 0.1) is 5.92 Å². The van der Waals surface area contributed by atoms with Crippen molar-refractivity contribution in [1.82, 2.24) is 9.55 Å². The Labute approximate surface area is 104 Å². The minimum atomic E-state index is -0.674. The van der Waals surface area contributed by atoms with Gasteiger partial charge in [0.2, 0.25) is 0 Å². The van der Waals surface area contributed by atoms with Crippen molar-refractivity contribution in [1.29, 1.82) is 0 Å². The SMILES string of the molecule is CC1CCC12N=CCn1c2nc(C(N)=O)cc1=O. The number of rotatable bonds is 1. The Kier molecular flexibility index (Phi) is 2.17. The Balaban J connectivity index is 2.24. The number of carbonyl (C=O) groups is 1. The fourth-order valence-electron chi connectivity index (χ4n) is 2.71. The maximum Gasteiger partial charge on any atom is 0.267 e. The summed E-state index contributed by atoms with van der Waals surface area (Å²) in [4.78, 5) is 32.0. The number of aliphatic imine (C=N–C) groups is 1. The van der Waals surface area contributed by atoms with Crippen LogP contribution in [0.15, 0.2) is 15.9 Å². The van der Waals surface area contributed by atoms with E-state index in [9.17, 15) is 9.59 Å². The monoisotopic (exact) mass is 246 g/mol. The highest BCUT2D eigenvalue weighted by Crippen LogP contribution is 2.49. The average Bonchev–Trinajstić information content (AvgIpc) is 2.36.